The quantitative estimate of drug-likeness (QED) is 0.143. The van der Waals surface area contributed by atoms with Crippen LogP contribution in [0.3, 0.4) is 0 Å². The maximum absolute atomic E-state index is 13.3. The van der Waals surface area contributed by atoms with Crippen LogP contribution in [0, 0.1) is 17.8 Å². The molecule has 1 N–H and O–H groups in total. The number of carbonyl (C=O) groups excluding carboxylic acids is 3. The van der Waals surface area contributed by atoms with Crippen molar-refractivity contribution in [1.82, 2.24) is 5.32 Å². The van der Waals surface area contributed by atoms with Crippen LogP contribution in [0.2, 0.25) is 0 Å². The highest BCUT2D eigenvalue weighted by atomic mass is 16.6. The van der Waals surface area contributed by atoms with Gasteiger partial charge in [-0.15, -0.1) is 12.3 Å². The van der Waals surface area contributed by atoms with E-state index in [4.69, 9.17) is 25.4 Å². The molecule has 0 heterocycles. The molecule has 8 nitrogen and oxygen atoms in total. The Morgan fingerprint density at radius 2 is 1.65 bits per heavy atom. The van der Waals surface area contributed by atoms with Crippen LogP contribution in [0.1, 0.15) is 81.6 Å². The van der Waals surface area contributed by atoms with Crippen LogP contribution in [0.25, 0.3) is 0 Å². The molecule has 0 aliphatic carbocycles. The maximum atomic E-state index is 13.3. The van der Waals surface area contributed by atoms with Crippen molar-refractivity contribution in [2.24, 2.45) is 5.41 Å². The number of amides is 1. The van der Waals surface area contributed by atoms with Crippen molar-refractivity contribution >= 4 is 18.0 Å². The summed E-state index contributed by atoms with van der Waals surface area (Å²) in [6.07, 6.45) is 5.76. The fraction of sp³-hybridized carbons (Fsp3) is 0.731. The number of unbranched alkanes of at least 4 members (excludes halogenated alkanes) is 1. The number of nitrogens with one attached hydrogen (secondary N) is 1. The summed E-state index contributed by atoms with van der Waals surface area (Å²) in [7, 11) is 0. The van der Waals surface area contributed by atoms with Crippen LogP contribution in [0.5, 0.6) is 0 Å². The highest BCUT2D eigenvalue weighted by Crippen LogP contribution is 2.30. The van der Waals surface area contributed by atoms with Crippen LogP contribution in [-0.4, -0.2) is 54.1 Å². The number of terminal acetylenes is 1. The van der Waals surface area contributed by atoms with Gasteiger partial charge in [-0.05, 0) is 75.2 Å². The lowest BCUT2D eigenvalue weighted by Crippen LogP contribution is -2.54. The van der Waals surface area contributed by atoms with Crippen molar-refractivity contribution in [1.29, 1.82) is 0 Å². The predicted octanol–water partition coefficient (Wildman–Crippen LogP) is 4.55. The number of esters is 2. The smallest absolute Gasteiger partial charge is 0.408 e. The summed E-state index contributed by atoms with van der Waals surface area (Å²) in [6.45, 7) is 19.2. The molecule has 0 radical (unpaired) electrons. The molecule has 3 unspecified atom stereocenters. The lowest BCUT2D eigenvalue weighted by atomic mass is 9.83. The van der Waals surface area contributed by atoms with E-state index in [1.807, 2.05) is 20.8 Å². The van der Waals surface area contributed by atoms with Gasteiger partial charge in [0.05, 0.1) is 17.1 Å². The van der Waals surface area contributed by atoms with Crippen molar-refractivity contribution in [3.8, 4) is 12.3 Å². The zero-order valence-corrected chi connectivity index (χ0v) is 22.3. The third kappa shape index (κ3) is 12.1. The second-order valence-electron chi connectivity index (χ2n) is 10.7. The fourth-order valence-electron chi connectivity index (χ4n) is 3.05. The number of carbonyl (C=O) groups is 3. The van der Waals surface area contributed by atoms with Gasteiger partial charge in [-0.25, -0.2) is 9.59 Å². The van der Waals surface area contributed by atoms with E-state index in [0.717, 1.165) is 0 Å². The average Bonchev–Trinajstić information content (AvgIpc) is 2.66. The van der Waals surface area contributed by atoms with Gasteiger partial charge < -0.3 is 24.3 Å². The molecule has 0 rings (SSSR count). The fourth-order valence-corrected chi connectivity index (χ4v) is 3.05. The predicted molar refractivity (Wildman–Crippen MR) is 131 cm³/mol. The first-order valence-corrected chi connectivity index (χ1v) is 11.5. The first-order valence-electron chi connectivity index (χ1n) is 11.5. The summed E-state index contributed by atoms with van der Waals surface area (Å²) < 4.78 is 22.3. The Morgan fingerprint density at radius 3 is 2.12 bits per heavy atom. The molecule has 1 amide bonds. The van der Waals surface area contributed by atoms with Gasteiger partial charge in [-0.2, -0.15) is 0 Å². The average molecular weight is 482 g/mol. The molecule has 0 aromatic heterocycles. The molecule has 34 heavy (non-hydrogen) atoms. The monoisotopic (exact) mass is 481 g/mol. The van der Waals surface area contributed by atoms with Gasteiger partial charge in [0.25, 0.3) is 0 Å². The van der Waals surface area contributed by atoms with Crippen molar-refractivity contribution in [2.45, 2.75) is 111 Å². The molecular formula is C26H43NO7. The number of alkyl carbamates (subject to hydrolysis) is 1. The highest BCUT2D eigenvalue weighted by Gasteiger charge is 2.43. The van der Waals surface area contributed by atoms with E-state index in [1.54, 1.807) is 41.5 Å². The minimum atomic E-state index is -1.18. The standard InChI is InChI=1S/C26H43NO7/c1-12-14-15-16-19(26(10,11)22(29)31-17-13-2)32-21(28)20(18(3)33-24(4,5)6)27-23(30)34-25(7,8)9/h1,13,18-20H,2,14-17H2,3-11H3,(H,27,30). The number of rotatable bonds is 12. The van der Waals surface area contributed by atoms with Gasteiger partial charge in [-0.3, -0.25) is 4.79 Å². The largest absolute Gasteiger partial charge is 0.461 e. The molecule has 3 atom stereocenters. The van der Waals surface area contributed by atoms with Gasteiger partial charge >= 0.3 is 18.0 Å². The SMILES string of the molecule is C#CCCCC(OC(=O)C(NC(=O)OC(C)(C)C)C(C)OC(C)(C)C)C(C)(C)C(=O)OCC=C. The van der Waals surface area contributed by atoms with Crippen LogP contribution >= 0.6 is 0 Å². The second kappa shape index (κ2) is 13.4. The topological polar surface area (TPSA) is 100 Å². The van der Waals surface area contributed by atoms with Gasteiger partial charge in [0.15, 0.2) is 6.04 Å². The van der Waals surface area contributed by atoms with E-state index in [2.05, 4.69) is 17.8 Å². The van der Waals surface area contributed by atoms with E-state index in [-0.39, 0.29) is 6.61 Å². The van der Waals surface area contributed by atoms with E-state index < -0.39 is 52.9 Å². The minimum Gasteiger partial charge on any atom is -0.461 e. The molecule has 8 heteroatoms. The van der Waals surface area contributed by atoms with Gasteiger partial charge in [0.1, 0.15) is 18.3 Å². The summed E-state index contributed by atoms with van der Waals surface area (Å²) in [4.78, 5) is 38.5. The molecule has 0 aromatic carbocycles. The molecular weight excluding hydrogens is 438 g/mol. The van der Waals surface area contributed by atoms with Crippen molar-refractivity contribution in [2.75, 3.05) is 6.61 Å². The summed E-state index contributed by atoms with van der Waals surface area (Å²) >= 11 is 0. The molecule has 0 fully saturated rings. The molecule has 0 bridgehead atoms. The normalized spacial score (nSPS) is 14.7. The molecule has 0 saturated heterocycles. The van der Waals surface area contributed by atoms with Gasteiger partial charge in [0, 0.05) is 6.42 Å². The molecule has 0 spiro atoms. The first-order chi connectivity index (χ1) is 15.4. The highest BCUT2D eigenvalue weighted by molar-refractivity contribution is 5.83. The third-order valence-electron chi connectivity index (χ3n) is 4.64. The van der Waals surface area contributed by atoms with Crippen LogP contribution in [-0.2, 0) is 28.5 Å². The van der Waals surface area contributed by atoms with Gasteiger partial charge in [0.2, 0.25) is 0 Å². The summed E-state index contributed by atoms with van der Waals surface area (Å²) in [5, 5.41) is 2.56. The number of hydrogen-bond acceptors (Lipinski definition) is 7. The second-order valence-corrected chi connectivity index (χ2v) is 10.7. The lowest BCUT2D eigenvalue weighted by Gasteiger charge is -2.35. The van der Waals surface area contributed by atoms with Crippen LogP contribution in [0.4, 0.5) is 4.79 Å². The van der Waals surface area contributed by atoms with Crippen molar-refractivity contribution in [3.05, 3.63) is 12.7 Å². The number of ether oxygens (including phenoxy) is 4. The third-order valence-corrected chi connectivity index (χ3v) is 4.64. The van der Waals surface area contributed by atoms with Crippen LogP contribution < -0.4 is 5.32 Å². The van der Waals surface area contributed by atoms with Crippen LogP contribution in [0.15, 0.2) is 12.7 Å². The van der Waals surface area contributed by atoms with Crippen molar-refractivity contribution in [3.63, 3.8) is 0 Å². The number of hydrogen-bond donors (Lipinski definition) is 1. The van der Waals surface area contributed by atoms with Gasteiger partial charge in [-0.1, -0.05) is 12.7 Å². The van der Waals surface area contributed by atoms with Crippen molar-refractivity contribution < 1.29 is 33.3 Å². The Hall–Kier alpha value is -2.53. The Balaban J connectivity index is 5.88. The van der Waals surface area contributed by atoms with E-state index in [1.165, 1.54) is 6.08 Å². The summed E-state index contributed by atoms with van der Waals surface area (Å²) in [5.41, 5.74) is -2.52. The Labute approximate surface area is 205 Å². The molecule has 0 saturated carbocycles. The first kappa shape index (κ1) is 31.5. The molecule has 0 aromatic rings. The zero-order chi connectivity index (χ0) is 26.7. The van der Waals surface area contributed by atoms with E-state index in [0.29, 0.717) is 19.3 Å². The lowest BCUT2D eigenvalue weighted by molar-refractivity contribution is -0.175. The summed E-state index contributed by atoms with van der Waals surface area (Å²) in [6, 6.07) is -1.18. The van der Waals surface area contributed by atoms with E-state index >= 15 is 0 Å². The molecule has 194 valence electrons. The Kier molecular flexibility index (Phi) is 12.4. The molecule has 0 aliphatic heterocycles. The maximum Gasteiger partial charge on any atom is 0.408 e. The summed E-state index contributed by atoms with van der Waals surface area (Å²) in [5.74, 6) is 1.25. The minimum absolute atomic E-state index is 0.0343. The Morgan fingerprint density at radius 1 is 1.06 bits per heavy atom. The Bertz CT molecular complexity index is 738. The zero-order valence-electron chi connectivity index (χ0n) is 22.3. The molecule has 0 aliphatic rings. The van der Waals surface area contributed by atoms with E-state index in [9.17, 15) is 14.4 Å².